The zero-order chi connectivity index (χ0) is 11.7. The summed E-state index contributed by atoms with van der Waals surface area (Å²) in [5.41, 5.74) is 5.70. The summed E-state index contributed by atoms with van der Waals surface area (Å²) in [5.74, 6) is 0. The minimum Gasteiger partial charge on any atom is -0.0619 e. The lowest BCUT2D eigenvalue weighted by Gasteiger charge is -2.04. The van der Waals surface area contributed by atoms with Crippen molar-refractivity contribution < 1.29 is 0 Å². The summed E-state index contributed by atoms with van der Waals surface area (Å²) in [6, 6.07) is 17.1. The maximum absolute atomic E-state index is 3.61. The molecule has 0 radical (unpaired) electrons. The van der Waals surface area contributed by atoms with Crippen molar-refractivity contribution >= 4 is 22.0 Å². The molecule has 0 nitrogen and oxygen atoms in total. The molecule has 17 heavy (non-hydrogen) atoms. The van der Waals surface area contributed by atoms with Crippen molar-refractivity contribution in [1.82, 2.24) is 0 Å². The highest BCUT2D eigenvalue weighted by atomic mass is 79.9. The predicted molar refractivity (Wildman–Crippen MR) is 76.0 cm³/mol. The van der Waals surface area contributed by atoms with E-state index in [4.69, 9.17) is 0 Å². The minimum absolute atomic E-state index is 1.04. The van der Waals surface area contributed by atoms with Crippen molar-refractivity contribution in [3.8, 4) is 0 Å². The van der Waals surface area contributed by atoms with Gasteiger partial charge in [0, 0.05) is 4.47 Å². The molecule has 2 aromatic rings. The van der Waals surface area contributed by atoms with Crippen molar-refractivity contribution in [2.45, 2.75) is 12.8 Å². The van der Waals surface area contributed by atoms with E-state index < -0.39 is 0 Å². The van der Waals surface area contributed by atoms with Crippen LogP contribution in [-0.2, 0) is 12.8 Å². The van der Waals surface area contributed by atoms with Gasteiger partial charge in [-0.15, -0.1) is 0 Å². The van der Waals surface area contributed by atoms with E-state index in [9.17, 15) is 0 Å². The van der Waals surface area contributed by atoms with Gasteiger partial charge in [-0.05, 0) is 35.6 Å². The predicted octanol–water partition coefficient (Wildman–Crippen LogP) is 4.63. The summed E-state index contributed by atoms with van der Waals surface area (Å²) < 4.78 is 1.21. The summed E-state index contributed by atoms with van der Waals surface area (Å²) in [5, 5.41) is 0. The van der Waals surface area contributed by atoms with Gasteiger partial charge in [-0.25, -0.2) is 0 Å². The Morgan fingerprint density at radius 1 is 0.941 bits per heavy atom. The zero-order valence-corrected chi connectivity index (χ0v) is 11.1. The molecule has 0 saturated carbocycles. The molecule has 0 unspecified atom stereocenters. The first kappa shape index (κ1) is 10.8. The molecule has 0 atom stereocenters. The molecule has 3 rings (SSSR count). The van der Waals surface area contributed by atoms with Gasteiger partial charge in [-0.1, -0.05) is 70.0 Å². The molecule has 0 saturated heterocycles. The monoisotopic (exact) mass is 284 g/mol. The Bertz CT molecular complexity index is 582. The summed E-state index contributed by atoms with van der Waals surface area (Å²) in [6.45, 7) is 0. The van der Waals surface area contributed by atoms with E-state index in [1.807, 2.05) is 0 Å². The molecule has 0 fully saturated rings. The Balaban J connectivity index is 1.84. The van der Waals surface area contributed by atoms with Crippen LogP contribution in [0.1, 0.15) is 16.7 Å². The molecule has 0 bridgehead atoms. The van der Waals surface area contributed by atoms with Crippen molar-refractivity contribution in [2.75, 3.05) is 0 Å². The number of hydrogen-bond acceptors (Lipinski definition) is 0. The highest BCUT2D eigenvalue weighted by Gasteiger charge is 2.12. The molecular formula is C16H13Br. The number of halogens is 1. The van der Waals surface area contributed by atoms with Gasteiger partial charge in [0.05, 0.1) is 0 Å². The smallest absolute Gasteiger partial charge is 0.0210 e. The van der Waals surface area contributed by atoms with Gasteiger partial charge in [-0.3, -0.25) is 0 Å². The average Bonchev–Trinajstić information content (AvgIpc) is 2.74. The van der Waals surface area contributed by atoms with Crippen LogP contribution in [0.15, 0.2) is 58.6 Å². The van der Waals surface area contributed by atoms with Crippen molar-refractivity contribution in [1.29, 1.82) is 0 Å². The standard InChI is InChI=1S/C16H13Br/c17-16-8-4-3-7-15(16)11-12-9-13-5-1-2-6-14(13)10-12/h1-9H,10-11H2. The number of allylic oxidation sites excluding steroid dienone is 1. The van der Waals surface area contributed by atoms with Crippen LogP contribution in [0.4, 0.5) is 0 Å². The van der Waals surface area contributed by atoms with E-state index in [2.05, 4.69) is 70.5 Å². The second kappa shape index (κ2) is 4.50. The van der Waals surface area contributed by atoms with E-state index in [1.165, 1.54) is 26.7 Å². The van der Waals surface area contributed by atoms with Crippen LogP contribution in [0, 0.1) is 0 Å². The van der Waals surface area contributed by atoms with Crippen LogP contribution >= 0.6 is 15.9 Å². The quantitative estimate of drug-likeness (QED) is 0.754. The van der Waals surface area contributed by atoms with Crippen LogP contribution in [0.5, 0.6) is 0 Å². The van der Waals surface area contributed by atoms with Gasteiger partial charge < -0.3 is 0 Å². The summed E-state index contributed by atoms with van der Waals surface area (Å²) >= 11 is 3.61. The average molecular weight is 285 g/mol. The lowest BCUT2D eigenvalue weighted by Crippen LogP contribution is -1.91. The van der Waals surface area contributed by atoms with Gasteiger partial charge >= 0.3 is 0 Å². The van der Waals surface area contributed by atoms with E-state index in [-0.39, 0.29) is 0 Å². The minimum atomic E-state index is 1.04. The first-order valence-electron chi connectivity index (χ1n) is 5.84. The zero-order valence-electron chi connectivity index (χ0n) is 9.49. The molecule has 0 aromatic heterocycles. The topological polar surface area (TPSA) is 0 Å². The molecule has 2 aromatic carbocycles. The van der Waals surface area contributed by atoms with Crippen LogP contribution in [0.2, 0.25) is 0 Å². The molecule has 0 aliphatic heterocycles. The lowest BCUT2D eigenvalue weighted by atomic mass is 10.0. The van der Waals surface area contributed by atoms with Gasteiger partial charge in [0.15, 0.2) is 0 Å². The fourth-order valence-electron chi connectivity index (χ4n) is 2.35. The second-order valence-corrected chi connectivity index (χ2v) is 5.30. The number of rotatable bonds is 2. The van der Waals surface area contributed by atoms with Crippen LogP contribution in [0.3, 0.4) is 0 Å². The van der Waals surface area contributed by atoms with Crippen LogP contribution < -0.4 is 0 Å². The molecular weight excluding hydrogens is 272 g/mol. The molecule has 84 valence electrons. The summed E-state index contributed by atoms with van der Waals surface area (Å²) in [4.78, 5) is 0. The Hall–Kier alpha value is -1.34. The van der Waals surface area contributed by atoms with Gasteiger partial charge in [0.1, 0.15) is 0 Å². The Kier molecular flexibility index (Phi) is 2.86. The van der Waals surface area contributed by atoms with Crippen LogP contribution in [-0.4, -0.2) is 0 Å². The Morgan fingerprint density at radius 2 is 1.71 bits per heavy atom. The SMILES string of the molecule is Brc1ccccc1CC1=Cc2ccccc2C1. The third-order valence-electron chi connectivity index (χ3n) is 3.21. The number of benzene rings is 2. The van der Waals surface area contributed by atoms with Gasteiger partial charge in [-0.2, -0.15) is 0 Å². The van der Waals surface area contributed by atoms with Gasteiger partial charge in [0.25, 0.3) is 0 Å². The first-order valence-corrected chi connectivity index (χ1v) is 6.63. The summed E-state index contributed by atoms with van der Waals surface area (Å²) in [7, 11) is 0. The van der Waals surface area contributed by atoms with E-state index in [1.54, 1.807) is 0 Å². The molecule has 1 aliphatic carbocycles. The Morgan fingerprint density at radius 3 is 2.53 bits per heavy atom. The highest BCUT2D eigenvalue weighted by Crippen LogP contribution is 2.28. The van der Waals surface area contributed by atoms with Crippen LogP contribution in [0.25, 0.3) is 6.08 Å². The third kappa shape index (κ3) is 2.20. The number of hydrogen-bond donors (Lipinski definition) is 0. The fraction of sp³-hybridized carbons (Fsp3) is 0.125. The molecule has 1 heteroatoms. The van der Waals surface area contributed by atoms with Crippen molar-refractivity contribution in [2.24, 2.45) is 0 Å². The molecule has 0 spiro atoms. The number of fused-ring (bicyclic) bond motifs is 1. The molecule has 0 amide bonds. The van der Waals surface area contributed by atoms with Crippen molar-refractivity contribution in [3.05, 3.63) is 75.3 Å². The maximum atomic E-state index is 3.61. The molecule has 0 heterocycles. The Labute approximate surface area is 110 Å². The lowest BCUT2D eigenvalue weighted by molar-refractivity contribution is 1.07. The second-order valence-electron chi connectivity index (χ2n) is 4.45. The normalized spacial score (nSPS) is 13.4. The molecule has 1 aliphatic rings. The molecule has 0 N–H and O–H groups in total. The first-order chi connectivity index (χ1) is 8.33. The maximum Gasteiger partial charge on any atom is 0.0210 e. The van der Waals surface area contributed by atoms with E-state index in [0.717, 1.165) is 12.8 Å². The van der Waals surface area contributed by atoms with Crippen molar-refractivity contribution in [3.63, 3.8) is 0 Å². The largest absolute Gasteiger partial charge is 0.0619 e. The van der Waals surface area contributed by atoms with Gasteiger partial charge in [0.2, 0.25) is 0 Å². The van der Waals surface area contributed by atoms with E-state index in [0.29, 0.717) is 0 Å². The fourth-order valence-corrected chi connectivity index (χ4v) is 2.78. The third-order valence-corrected chi connectivity index (χ3v) is 3.98. The highest BCUT2D eigenvalue weighted by molar-refractivity contribution is 9.10. The summed E-state index contributed by atoms with van der Waals surface area (Å²) in [6.07, 6.45) is 4.46. The van der Waals surface area contributed by atoms with E-state index >= 15 is 0 Å².